The van der Waals surface area contributed by atoms with Crippen LogP contribution in [0.3, 0.4) is 0 Å². The first kappa shape index (κ1) is 14.6. The molecule has 0 amide bonds. The Morgan fingerprint density at radius 2 is 2.06 bits per heavy atom. The first-order valence-corrected chi connectivity index (χ1v) is 7.22. The summed E-state index contributed by atoms with van der Waals surface area (Å²) in [6.45, 7) is 12.4. The molecule has 1 heterocycles. The maximum Gasteiger partial charge on any atom is 0.122 e. The highest BCUT2D eigenvalue weighted by atomic mass is 32.1. The fourth-order valence-corrected chi connectivity index (χ4v) is 2.94. The zero-order chi connectivity index (χ0) is 12.8. The van der Waals surface area contributed by atoms with Crippen molar-refractivity contribution < 1.29 is 4.74 Å². The summed E-state index contributed by atoms with van der Waals surface area (Å²) >= 11 is 1.76. The van der Waals surface area contributed by atoms with Crippen LogP contribution in [0.5, 0.6) is 0 Å². The fraction of sp³-hybridized carbons (Fsp3) is 0.769. The van der Waals surface area contributed by atoms with Gasteiger partial charge in [-0.3, -0.25) is 0 Å². The van der Waals surface area contributed by atoms with Crippen molar-refractivity contribution >= 4 is 11.3 Å². The molecule has 1 rings (SSSR count). The molecule has 0 radical (unpaired) electrons. The molecule has 0 aliphatic rings. The lowest BCUT2D eigenvalue weighted by molar-refractivity contribution is 0.0293. The van der Waals surface area contributed by atoms with Crippen molar-refractivity contribution in [3.05, 3.63) is 16.1 Å². The van der Waals surface area contributed by atoms with E-state index in [4.69, 9.17) is 4.74 Å². The first-order valence-electron chi connectivity index (χ1n) is 6.40. The highest BCUT2D eigenvalue weighted by Gasteiger charge is 2.20. The molecule has 1 aromatic heterocycles. The Morgan fingerprint density at radius 1 is 1.35 bits per heavy atom. The number of nitrogens with zero attached hydrogens (tertiary/aromatic N) is 1. The summed E-state index contributed by atoms with van der Waals surface area (Å²) in [7, 11) is 0. The molecule has 0 bridgehead atoms. The van der Waals surface area contributed by atoms with Crippen LogP contribution >= 0.6 is 11.3 Å². The number of aromatic nitrogens is 1. The molecule has 0 saturated carbocycles. The Morgan fingerprint density at radius 3 is 2.59 bits per heavy atom. The highest BCUT2D eigenvalue weighted by Crippen LogP contribution is 2.31. The van der Waals surface area contributed by atoms with E-state index in [-0.39, 0.29) is 6.10 Å². The van der Waals surface area contributed by atoms with Gasteiger partial charge in [0.1, 0.15) is 11.1 Å². The molecule has 3 nitrogen and oxygen atoms in total. The number of ether oxygens (including phenoxy) is 1. The van der Waals surface area contributed by atoms with Gasteiger partial charge in [0, 0.05) is 23.7 Å². The monoisotopic (exact) mass is 256 g/mol. The average Bonchev–Trinajstić information content (AvgIpc) is 2.74. The lowest BCUT2D eigenvalue weighted by Crippen LogP contribution is -2.16. The van der Waals surface area contributed by atoms with Crippen LogP contribution in [0.2, 0.25) is 0 Å². The Balaban J connectivity index is 2.77. The van der Waals surface area contributed by atoms with E-state index < -0.39 is 0 Å². The minimum atomic E-state index is 0.132. The van der Waals surface area contributed by atoms with Crippen molar-refractivity contribution in [2.45, 2.75) is 46.8 Å². The molecule has 0 aliphatic heterocycles. The summed E-state index contributed by atoms with van der Waals surface area (Å²) in [6, 6.07) is 0.376. The quantitative estimate of drug-likeness (QED) is 0.810. The van der Waals surface area contributed by atoms with Crippen LogP contribution in [-0.4, -0.2) is 18.1 Å². The molecule has 17 heavy (non-hydrogen) atoms. The maximum atomic E-state index is 5.77. The van der Waals surface area contributed by atoms with Gasteiger partial charge in [-0.15, -0.1) is 11.3 Å². The number of hydrogen-bond donors (Lipinski definition) is 1. The van der Waals surface area contributed by atoms with E-state index in [0.717, 1.165) is 18.2 Å². The van der Waals surface area contributed by atoms with Crippen molar-refractivity contribution in [3.8, 4) is 0 Å². The molecule has 0 aliphatic carbocycles. The van der Waals surface area contributed by atoms with Crippen molar-refractivity contribution in [2.24, 2.45) is 5.92 Å². The van der Waals surface area contributed by atoms with Gasteiger partial charge in [-0.25, -0.2) is 4.98 Å². The number of nitrogens with one attached hydrogen (secondary N) is 1. The normalized spacial score (nSPS) is 15.2. The second-order valence-corrected chi connectivity index (χ2v) is 5.59. The third-order valence-electron chi connectivity index (χ3n) is 2.67. The standard InChI is InChI=1S/C13H24N2OS/c1-6-14-10(5)11-8-15-13(17-11)12(9(3)4)16-7-2/h8-10,12,14H,6-7H2,1-5H3. The first-order chi connectivity index (χ1) is 8.10. The van der Waals surface area contributed by atoms with Gasteiger partial charge in [-0.1, -0.05) is 20.8 Å². The van der Waals surface area contributed by atoms with E-state index in [1.54, 1.807) is 11.3 Å². The van der Waals surface area contributed by atoms with Gasteiger partial charge >= 0.3 is 0 Å². The molecule has 4 heteroatoms. The molecule has 2 unspecified atom stereocenters. The Kier molecular flexibility index (Phi) is 6.09. The molecule has 0 fully saturated rings. The Hall–Kier alpha value is -0.450. The third kappa shape index (κ3) is 4.05. The zero-order valence-electron chi connectivity index (χ0n) is 11.5. The zero-order valence-corrected chi connectivity index (χ0v) is 12.3. The second-order valence-electron chi connectivity index (χ2n) is 4.50. The number of hydrogen-bond acceptors (Lipinski definition) is 4. The van der Waals surface area contributed by atoms with E-state index in [1.165, 1.54) is 4.88 Å². The molecular formula is C13H24N2OS. The van der Waals surface area contributed by atoms with Gasteiger partial charge in [-0.05, 0) is 26.3 Å². The molecule has 0 saturated heterocycles. The minimum absolute atomic E-state index is 0.132. The molecular weight excluding hydrogens is 232 g/mol. The third-order valence-corrected chi connectivity index (χ3v) is 3.92. The van der Waals surface area contributed by atoms with Crippen LogP contribution in [0.15, 0.2) is 6.20 Å². The van der Waals surface area contributed by atoms with Crippen molar-refractivity contribution in [1.29, 1.82) is 0 Å². The van der Waals surface area contributed by atoms with E-state index in [1.807, 2.05) is 13.1 Å². The molecule has 0 spiro atoms. The van der Waals surface area contributed by atoms with Crippen LogP contribution in [0.1, 0.15) is 56.6 Å². The molecule has 1 aromatic rings. The van der Waals surface area contributed by atoms with Gasteiger partial charge in [0.05, 0.1) is 0 Å². The van der Waals surface area contributed by atoms with Gasteiger partial charge in [0.2, 0.25) is 0 Å². The smallest absolute Gasteiger partial charge is 0.122 e. The predicted octanol–water partition coefficient (Wildman–Crippen LogP) is 3.55. The van der Waals surface area contributed by atoms with Crippen molar-refractivity contribution in [2.75, 3.05) is 13.2 Å². The Labute approximate surface area is 109 Å². The van der Waals surface area contributed by atoms with Gasteiger partial charge in [-0.2, -0.15) is 0 Å². The van der Waals surface area contributed by atoms with Crippen LogP contribution in [0.4, 0.5) is 0 Å². The number of thiazole rings is 1. The average molecular weight is 256 g/mol. The summed E-state index contributed by atoms with van der Waals surface area (Å²) in [5.74, 6) is 0.461. The summed E-state index contributed by atoms with van der Waals surface area (Å²) < 4.78 is 5.77. The highest BCUT2D eigenvalue weighted by molar-refractivity contribution is 7.11. The fourth-order valence-electron chi connectivity index (χ4n) is 1.77. The SMILES string of the molecule is CCNC(C)c1cnc(C(OCC)C(C)C)s1. The van der Waals surface area contributed by atoms with Crippen LogP contribution in [0.25, 0.3) is 0 Å². The second kappa shape index (κ2) is 7.09. The predicted molar refractivity (Wildman–Crippen MR) is 73.4 cm³/mol. The maximum absolute atomic E-state index is 5.77. The largest absolute Gasteiger partial charge is 0.371 e. The van der Waals surface area contributed by atoms with E-state index in [9.17, 15) is 0 Å². The van der Waals surface area contributed by atoms with Gasteiger partial charge in [0.25, 0.3) is 0 Å². The van der Waals surface area contributed by atoms with Gasteiger partial charge < -0.3 is 10.1 Å². The number of rotatable bonds is 7. The van der Waals surface area contributed by atoms with E-state index in [2.05, 4.69) is 38.0 Å². The summed E-state index contributed by atoms with van der Waals surface area (Å²) in [5.41, 5.74) is 0. The minimum Gasteiger partial charge on any atom is -0.371 e. The topological polar surface area (TPSA) is 34.2 Å². The molecule has 98 valence electrons. The molecule has 2 atom stereocenters. The molecule has 0 aromatic carbocycles. The summed E-state index contributed by atoms with van der Waals surface area (Å²) in [6.07, 6.45) is 2.11. The van der Waals surface area contributed by atoms with Crippen LogP contribution in [-0.2, 0) is 4.74 Å². The van der Waals surface area contributed by atoms with Crippen LogP contribution in [0, 0.1) is 5.92 Å². The van der Waals surface area contributed by atoms with Crippen molar-refractivity contribution in [1.82, 2.24) is 10.3 Å². The lowest BCUT2D eigenvalue weighted by Gasteiger charge is -2.18. The van der Waals surface area contributed by atoms with Crippen LogP contribution < -0.4 is 5.32 Å². The van der Waals surface area contributed by atoms with Crippen molar-refractivity contribution in [3.63, 3.8) is 0 Å². The van der Waals surface area contributed by atoms with Gasteiger partial charge in [0.15, 0.2) is 0 Å². The lowest BCUT2D eigenvalue weighted by atomic mass is 10.1. The van der Waals surface area contributed by atoms with E-state index in [0.29, 0.717) is 12.0 Å². The molecule has 1 N–H and O–H groups in total. The summed E-state index contributed by atoms with van der Waals surface area (Å²) in [4.78, 5) is 5.80. The summed E-state index contributed by atoms with van der Waals surface area (Å²) in [5, 5.41) is 4.50. The van der Waals surface area contributed by atoms with E-state index >= 15 is 0 Å². The Bertz CT molecular complexity index is 325.